The summed E-state index contributed by atoms with van der Waals surface area (Å²) < 4.78 is 41.0. The van der Waals surface area contributed by atoms with E-state index >= 15 is 0 Å². The Kier molecular flexibility index (Phi) is 19.6. The van der Waals surface area contributed by atoms with Gasteiger partial charge < -0.3 is 33.2 Å². The van der Waals surface area contributed by atoms with E-state index in [0.717, 1.165) is 115 Å². The first-order chi connectivity index (χ1) is 24.2. The lowest BCUT2D eigenvalue weighted by Gasteiger charge is -2.28. The Morgan fingerprint density at radius 2 is 1.16 bits per heavy atom. The Bertz CT molecular complexity index is 1110. The van der Waals surface area contributed by atoms with Gasteiger partial charge in [0.25, 0.3) is 0 Å². The first-order valence-corrected chi connectivity index (χ1v) is 19.4. The summed E-state index contributed by atoms with van der Waals surface area (Å²) >= 11 is 0. The molecule has 2 aromatic rings. The van der Waals surface area contributed by atoms with E-state index in [2.05, 4.69) is 6.92 Å². The fraction of sp³-hybridized carbons (Fsp3) is 0.683. The van der Waals surface area contributed by atoms with Gasteiger partial charge in [-0.1, -0.05) is 45.4 Å². The summed E-state index contributed by atoms with van der Waals surface area (Å²) in [6.07, 6.45) is 21.7. The molecule has 0 amide bonds. The topological polar surface area (TPSA) is 81.7 Å². The molecule has 274 valence electrons. The van der Waals surface area contributed by atoms with Crippen LogP contribution in [0.25, 0.3) is 0 Å². The Balaban J connectivity index is 1.04. The summed E-state index contributed by atoms with van der Waals surface area (Å²) in [4.78, 5) is 12.7. The van der Waals surface area contributed by atoms with Crippen LogP contribution >= 0.6 is 0 Å². The highest BCUT2D eigenvalue weighted by Crippen LogP contribution is 2.23. The average molecular weight is 683 g/mol. The van der Waals surface area contributed by atoms with Crippen molar-refractivity contribution in [1.29, 1.82) is 0 Å². The van der Waals surface area contributed by atoms with E-state index in [1.807, 2.05) is 24.3 Å². The zero-order valence-electron chi connectivity index (χ0n) is 30.1. The van der Waals surface area contributed by atoms with Crippen LogP contribution in [0.1, 0.15) is 139 Å². The van der Waals surface area contributed by atoms with E-state index in [1.165, 1.54) is 38.5 Å². The molecule has 0 bridgehead atoms. The van der Waals surface area contributed by atoms with Crippen LogP contribution in [-0.4, -0.2) is 57.7 Å². The molecule has 8 heteroatoms. The number of esters is 1. The van der Waals surface area contributed by atoms with E-state index in [1.54, 1.807) is 24.3 Å². The second-order valence-electron chi connectivity index (χ2n) is 13.4. The Labute approximate surface area is 295 Å². The second kappa shape index (κ2) is 24.5. The highest BCUT2D eigenvalue weighted by atomic mass is 16.7. The van der Waals surface area contributed by atoms with Crippen LogP contribution in [0.3, 0.4) is 0 Å². The number of unbranched alkanes of at least 4 members (excludes halogenated alkanes) is 8. The van der Waals surface area contributed by atoms with Crippen molar-refractivity contribution in [3.8, 4) is 17.2 Å². The molecular formula is C41H62O8. The zero-order valence-corrected chi connectivity index (χ0v) is 30.1. The molecule has 0 spiro atoms. The van der Waals surface area contributed by atoms with Gasteiger partial charge in [-0.25, -0.2) is 4.79 Å². The average Bonchev–Trinajstić information content (AvgIpc) is 3.14. The van der Waals surface area contributed by atoms with Gasteiger partial charge in [0, 0.05) is 19.8 Å². The number of benzene rings is 2. The SMILES string of the molecule is CCCCCCC(CCCCCOc1ccc(C(=O)Oc2ccc(OCCCCCCOC3CCCCO3)cc2)cc1)OC1CCCCO1. The van der Waals surface area contributed by atoms with Crippen molar-refractivity contribution in [2.24, 2.45) is 0 Å². The maximum absolute atomic E-state index is 12.7. The Hall–Kier alpha value is -2.65. The van der Waals surface area contributed by atoms with Gasteiger partial charge in [0.15, 0.2) is 12.6 Å². The van der Waals surface area contributed by atoms with E-state index in [-0.39, 0.29) is 18.7 Å². The first kappa shape index (κ1) is 39.1. The molecule has 2 aromatic carbocycles. The summed E-state index contributed by atoms with van der Waals surface area (Å²) in [6.45, 7) is 5.97. The normalized spacial score (nSPS) is 18.6. The molecule has 4 rings (SSSR count). The number of ether oxygens (including phenoxy) is 7. The Morgan fingerprint density at radius 3 is 1.76 bits per heavy atom. The maximum Gasteiger partial charge on any atom is 0.343 e. The van der Waals surface area contributed by atoms with Gasteiger partial charge in [0.1, 0.15) is 17.2 Å². The van der Waals surface area contributed by atoms with E-state index in [4.69, 9.17) is 33.2 Å². The van der Waals surface area contributed by atoms with E-state index in [0.29, 0.717) is 24.5 Å². The minimum atomic E-state index is -0.399. The van der Waals surface area contributed by atoms with Gasteiger partial charge in [0.05, 0.1) is 24.9 Å². The van der Waals surface area contributed by atoms with Gasteiger partial charge in [-0.05, 0) is 132 Å². The molecule has 2 aliphatic rings. The molecule has 2 fully saturated rings. The molecule has 0 aliphatic carbocycles. The molecule has 2 heterocycles. The van der Waals surface area contributed by atoms with Gasteiger partial charge >= 0.3 is 5.97 Å². The quantitative estimate of drug-likeness (QED) is 0.0582. The van der Waals surface area contributed by atoms with E-state index < -0.39 is 5.97 Å². The summed E-state index contributed by atoms with van der Waals surface area (Å²) in [5.41, 5.74) is 0.483. The van der Waals surface area contributed by atoms with Crippen molar-refractivity contribution in [3.05, 3.63) is 54.1 Å². The third-order valence-electron chi connectivity index (χ3n) is 9.17. The van der Waals surface area contributed by atoms with Crippen LogP contribution < -0.4 is 14.2 Å². The molecule has 8 nitrogen and oxygen atoms in total. The molecule has 3 atom stereocenters. The second-order valence-corrected chi connectivity index (χ2v) is 13.4. The van der Waals surface area contributed by atoms with Crippen LogP contribution in [0.5, 0.6) is 17.2 Å². The van der Waals surface area contributed by atoms with Gasteiger partial charge in [-0.3, -0.25) is 0 Å². The third-order valence-corrected chi connectivity index (χ3v) is 9.17. The summed E-state index contributed by atoms with van der Waals surface area (Å²) in [5.74, 6) is 1.61. The minimum Gasteiger partial charge on any atom is -0.494 e. The summed E-state index contributed by atoms with van der Waals surface area (Å²) in [5, 5.41) is 0. The van der Waals surface area contributed by atoms with Crippen LogP contribution in [-0.2, 0) is 18.9 Å². The monoisotopic (exact) mass is 682 g/mol. The van der Waals surface area contributed by atoms with Crippen LogP contribution in [0.2, 0.25) is 0 Å². The Morgan fingerprint density at radius 1 is 0.633 bits per heavy atom. The fourth-order valence-corrected chi connectivity index (χ4v) is 6.22. The lowest BCUT2D eigenvalue weighted by Crippen LogP contribution is -2.28. The molecule has 0 radical (unpaired) electrons. The van der Waals surface area contributed by atoms with Crippen LogP contribution in [0.4, 0.5) is 0 Å². The predicted molar refractivity (Wildman–Crippen MR) is 193 cm³/mol. The summed E-state index contributed by atoms with van der Waals surface area (Å²) in [7, 11) is 0. The lowest BCUT2D eigenvalue weighted by atomic mass is 10.0. The highest BCUT2D eigenvalue weighted by molar-refractivity contribution is 5.91. The number of carbonyl (C=O) groups is 1. The highest BCUT2D eigenvalue weighted by Gasteiger charge is 2.19. The predicted octanol–water partition coefficient (Wildman–Crippen LogP) is 10.2. The van der Waals surface area contributed by atoms with Crippen molar-refractivity contribution in [3.63, 3.8) is 0 Å². The minimum absolute atomic E-state index is 0.00173. The molecule has 3 unspecified atom stereocenters. The van der Waals surface area contributed by atoms with Gasteiger partial charge in [-0.2, -0.15) is 0 Å². The summed E-state index contributed by atoms with van der Waals surface area (Å²) in [6, 6.07) is 14.4. The zero-order chi connectivity index (χ0) is 34.2. The molecule has 49 heavy (non-hydrogen) atoms. The lowest BCUT2D eigenvalue weighted by molar-refractivity contribution is -0.190. The largest absolute Gasteiger partial charge is 0.494 e. The molecular weight excluding hydrogens is 620 g/mol. The fourth-order valence-electron chi connectivity index (χ4n) is 6.22. The smallest absolute Gasteiger partial charge is 0.343 e. The van der Waals surface area contributed by atoms with Gasteiger partial charge in [-0.15, -0.1) is 0 Å². The maximum atomic E-state index is 12.7. The molecule has 0 saturated carbocycles. The van der Waals surface area contributed by atoms with Crippen molar-refractivity contribution < 1.29 is 38.0 Å². The van der Waals surface area contributed by atoms with Crippen LogP contribution in [0.15, 0.2) is 48.5 Å². The van der Waals surface area contributed by atoms with Crippen molar-refractivity contribution >= 4 is 5.97 Å². The molecule has 0 N–H and O–H groups in total. The van der Waals surface area contributed by atoms with E-state index in [9.17, 15) is 4.79 Å². The molecule has 2 aliphatic heterocycles. The number of hydrogen-bond donors (Lipinski definition) is 0. The number of carbonyl (C=O) groups excluding carboxylic acids is 1. The standard InChI is InChI=1S/C41H62O8/c1-2-3-4-8-17-37(48-40-20-11-16-33-47-40)18-9-7-14-30-43-35-23-21-34(22-24-35)41(42)49-38-27-25-36(26-28-38)44-29-12-5-6-13-31-45-39-19-10-15-32-46-39/h21-28,37,39-40H,2-20,29-33H2,1H3. The van der Waals surface area contributed by atoms with Crippen molar-refractivity contribution in [2.45, 2.75) is 148 Å². The molecule has 0 aromatic heterocycles. The number of rotatable bonds is 25. The van der Waals surface area contributed by atoms with Crippen LogP contribution in [0, 0.1) is 0 Å². The van der Waals surface area contributed by atoms with Crippen molar-refractivity contribution in [1.82, 2.24) is 0 Å². The molecule has 2 saturated heterocycles. The van der Waals surface area contributed by atoms with Gasteiger partial charge in [0.2, 0.25) is 0 Å². The first-order valence-electron chi connectivity index (χ1n) is 19.4. The number of hydrogen-bond acceptors (Lipinski definition) is 8. The third kappa shape index (κ3) is 16.7. The van der Waals surface area contributed by atoms with Crippen molar-refractivity contribution in [2.75, 3.05) is 33.0 Å².